The minimum absolute atomic E-state index is 0.280. The number of hydrazone groups is 1. The van der Waals surface area contributed by atoms with E-state index in [1.807, 2.05) is 43.3 Å². The van der Waals surface area contributed by atoms with Gasteiger partial charge in [-0.05, 0) is 25.1 Å². The zero-order valence-corrected chi connectivity index (χ0v) is 17.1. The third-order valence-corrected chi connectivity index (χ3v) is 5.96. The quantitative estimate of drug-likeness (QED) is 0.380. The fourth-order valence-corrected chi connectivity index (χ4v) is 4.31. The smallest absolute Gasteiger partial charge is 0.322 e. The summed E-state index contributed by atoms with van der Waals surface area (Å²) in [4.78, 5) is 12.7. The number of ether oxygens (including phenoxy) is 2. The van der Waals surface area contributed by atoms with E-state index in [1.165, 1.54) is 11.8 Å². The molecule has 3 aromatic rings. The van der Waals surface area contributed by atoms with E-state index in [9.17, 15) is 4.79 Å². The molecule has 8 nitrogen and oxygen atoms in total. The first-order chi connectivity index (χ1) is 14.6. The predicted molar refractivity (Wildman–Crippen MR) is 111 cm³/mol. The van der Waals surface area contributed by atoms with Crippen molar-refractivity contribution in [2.24, 2.45) is 11.0 Å². The highest BCUT2D eigenvalue weighted by Crippen LogP contribution is 2.44. The lowest BCUT2D eigenvalue weighted by atomic mass is 9.88. The van der Waals surface area contributed by atoms with Crippen LogP contribution in [0.1, 0.15) is 17.2 Å². The molecule has 0 saturated heterocycles. The van der Waals surface area contributed by atoms with Gasteiger partial charge in [-0.25, -0.2) is 0 Å². The standard InChI is InChI=1S/C21H18N4O4S/c1-11-6-8-12(9-7-11)19-24-25-21(29-19)30-10-14-16-17(23-22-14)13-4-3-5-15(27-2)18(13)28-20(16)26/h3-9,16-17,23H,10H2,1-2H3. The molecule has 2 aliphatic heterocycles. The minimum Gasteiger partial charge on any atom is -0.493 e. The van der Waals surface area contributed by atoms with Gasteiger partial charge in [-0.1, -0.05) is 41.6 Å². The van der Waals surface area contributed by atoms with Gasteiger partial charge in [0.05, 0.1) is 18.9 Å². The Morgan fingerprint density at radius 1 is 1.17 bits per heavy atom. The van der Waals surface area contributed by atoms with Gasteiger partial charge in [-0.2, -0.15) is 5.10 Å². The normalized spacial score (nSPS) is 19.4. The number of fused-ring (bicyclic) bond motifs is 3. The van der Waals surface area contributed by atoms with Gasteiger partial charge in [0, 0.05) is 16.9 Å². The van der Waals surface area contributed by atoms with Crippen molar-refractivity contribution in [1.29, 1.82) is 0 Å². The molecule has 3 heterocycles. The van der Waals surface area contributed by atoms with Crippen LogP contribution in [0.3, 0.4) is 0 Å². The molecule has 0 saturated carbocycles. The molecule has 0 amide bonds. The van der Waals surface area contributed by atoms with Crippen molar-refractivity contribution >= 4 is 23.4 Å². The summed E-state index contributed by atoms with van der Waals surface area (Å²) in [6.07, 6.45) is 0. The molecule has 0 aliphatic carbocycles. The molecule has 9 heteroatoms. The fraction of sp³-hybridized carbons (Fsp3) is 0.238. The van der Waals surface area contributed by atoms with Crippen molar-refractivity contribution in [3.63, 3.8) is 0 Å². The largest absolute Gasteiger partial charge is 0.493 e. The van der Waals surface area contributed by atoms with Crippen LogP contribution in [0.4, 0.5) is 0 Å². The molecule has 2 unspecified atom stereocenters. The van der Waals surface area contributed by atoms with E-state index in [2.05, 4.69) is 20.7 Å². The van der Waals surface area contributed by atoms with Gasteiger partial charge in [0.2, 0.25) is 5.89 Å². The zero-order chi connectivity index (χ0) is 20.7. The third kappa shape index (κ3) is 3.21. The maximum absolute atomic E-state index is 12.7. The summed E-state index contributed by atoms with van der Waals surface area (Å²) in [5.74, 6) is 1.00. The summed E-state index contributed by atoms with van der Waals surface area (Å²) < 4.78 is 16.6. The van der Waals surface area contributed by atoms with Crippen molar-refractivity contribution in [3.8, 4) is 23.0 Å². The molecular formula is C21H18N4O4S. The van der Waals surface area contributed by atoms with Gasteiger partial charge >= 0.3 is 5.97 Å². The van der Waals surface area contributed by atoms with Crippen LogP contribution in [0, 0.1) is 12.8 Å². The first kappa shape index (κ1) is 18.7. The average Bonchev–Trinajstić information content (AvgIpc) is 3.40. The summed E-state index contributed by atoms with van der Waals surface area (Å²) >= 11 is 1.34. The Balaban J connectivity index is 1.30. The Bertz CT molecular complexity index is 1140. The molecule has 2 atom stereocenters. The maximum Gasteiger partial charge on any atom is 0.322 e. The Morgan fingerprint density at radius 2 is 2.00 bits per heavy atom. The number of esters is 1. The summed E-state index contributed by atoms with van der Waals surface area (Å²) in [5, 5.41) is 13.0. The van der Waals surface area contributed by atoms with Crippen LogP contribution in [-0.4, -0.2) is 34.7 Å². The summed E-state index contributed by atoms with van der Waals surface area (Å²) in [6.45, 7) is 2.02. The lowest BCUT2D eigenvalue weighted by Gasteiger charge is -2.27. The number of thioether (sulfide) groups is 1. The van der Waals surface area contributed by atoms with Crippen molar-refractivity contribution < 1.29 is 18.7 Å². The molecule has 1 N–H and O–H groups in total. The lowest BCUT2D eigenvalue weighted by molar-refractivity contribution is -0.138. The number of rotatable bonds is 5. The van der Waals surface area contributed by atoms with E-state index in [-0.39, 0.29) is 12.0 Å². The van der Waals surface area contributed by atoms with Gasteiger partial charge in [0.25, 0.3) is 5.22 Å². The van der Waals surface area contributed by atoms with Crippen molar-refractivity contribution in [2.75, 3.05) is 12.9 Å². The molecule has 152 valence electrons. The maximum atomic E-state index is 12.7. The number of hydrogen-bond donors (Lipinski definition) is 1. The molecule has 0 radical (unpaired) electrons. The number of para-hydroxylation sites is 1. The first-order valence-electron chi connectivity index (χ1n) is 9.38. The zero-order valence-electron chi connectivity index (χ0n) is 16.3. The van der Waals surface area contributed by atoms with Crippen LogP contribution < -0.4 is 14.9 Å². The van der Waals surface area contributed by atoms with Gasteiger partial charge in [-0.3, -0.25) is 4.79 Å². The second-order valence-corrected chi connectivity index (χ2v) is 7.94. The van der Waals surface area contributed by atoms with E-state index < -0.39 is 5.92 Å². The van der Waals surface area contributed by atoms with Gasteiger partial charge in [0.1, 0.15) is 5.92 Å². The van der Waals surface area contributed by atoms with E-state index in [4.69, 9.17) is 13.9 Å². The van der Waals surface area contributed by atoms with Gasteiger partial charge in [-0.15, -0.1) is 10.2 Å². The number of aryl methyl sites for hydroxylation is 1. The van der Waals surface area contributed by atoms with Crippen molar-refractivity contribution in [3.05, 3.63) is 53.6 Å². The van der Waals surface area contributed by atoms with E-state index in [0.717, 1.165) is 16.7 Å². The Morgan fingerprint density at radius 3 is 2.80 bits per heavy atom. The summed E-state index contributed by atoms with van der Waals surface area (Å²) in [5.41, 5.74) is 6.62. The lowest BCUT2D eigenvalue weighted by Crippen LogP contribution is -2.37. The molecule has 0 bridgehead atoms. The monoisotopic (exact) mass is 422 g/mol. The van der Waals surface area contributed by atoms with E-state index >= 15 is 0 Å². The van der Waals surface area contributed by atoms with E-state index in [0.29, 0.717) is 34.1 Å². The average molecular weight is 422 g/mol. The van der Waals surface area contributed by atoms with Crippen molar-refractivity contribution in [2.45, 2.75) is 18.2 Å². The number of benzene rings is 2. The third-order valence-electron chi connectivity index (χ3n) is 5.11. The number of aromatic nitrogens is 2. The van der Waals surface area contributed by atoms with Crippen LogP contribution >= 0.6 is 11.8 Å². The molecule has 0 fully saturated rings. The highest BCUT2D eigenvalue weighted by atomic mass is 32.2. The molecule has 1 aromatic heterocycles. The molecule has 30 heavy (non-hydrogen) atoms. The second kappa shape index (κ2) is 7.49. The number of methoxy groups -OCH3 is 1. The number of carbonyl (C=O) groups excluding carboxylic acids is 1. The van der Waals surface area contributed by atoms with Crippen LogP contribution in [0.25, 0.3) is 11.5 Å². The van der Waals surface area contributed by atoms with E-state index in [1.54, 1.807) is 13.2 Å². The Labute approximate surface area is 176 Å². The SMILES string of the molecule is COc1cccc2c1OC(=O)C1C(CSc3nnc(-c4ccc(C)cc4)o3)=NNC21. The number of nitrogens with zero attached hydrogens (tertiary/aromatic N) is 3. The van der Waals surface area contributed by atoms with Crippen LogP contribution in [0.2, 0.25) is 0 Å². The van der Waals surface area contributed by atoms with Crippen LogP contribution in [-0.2, 0) is 4.79 Å². The molecule has 0 spiro atoms. The van der Waals surface area contributed by atoms with Gasteiger partial charge in [0.15, 0.2) is 11.5 Å². The highest BCUT2D eigenvalue weighted by Gasteiger charge is 2.45. The fourth-order valence-electron chi connectivity index (χ4n) is 3.56. The molecule has 2 aromatic carbocycles. The highest BCUT2D eigenvalue weighted by molar-refractivity contribution is 7.99. The number of carbonyl (C=O) groups is 1. The Hall–Kier alpha value is -3.33. The molecular weight excluding hydrogens is 404 g/mol. The summed E-state index contributed by atoms with van der Waals surface area (Å²) in [7, 11) is 1.55. The van der Waals surface area contributed by atoms with Crippen molar-refractivity contribution in [1.82, 2.24) is 15.6 Å². The predicted octanol–water partition coefficient (Wildman–Crippen LogP) is 3.38. The Kier molecular flexibility index (Phi) is 4.66. The van der Waals surface area contributed by atoms with Gasteiger partial charge < -0.3 is 19.3 Å². The minimum atomic E-state index is -0.503. The second-order valence-electron chi connectivity index (χ2n) is 7.02. The molecule has 5 rings (SSSR count). The first-order valence-corrected chi connectivity index (χ1v) is 10.4. The number of hydrogen-bond acceptors (Lipinski definition) is 9. The number of nitrogens with one attached hydrogen (secondary N) is 1. The topological polar surface area (TPSA) is 98.8 Å². The van der Waals surface area contributed by atoms with Crippen LogP contribution in [0.5, 0.6) is 11.5 Å². The van der Waals surface area contributed by atoms with Crippen LogP contribution in [0.15, 0.2) is 57.2 Å². The molecule has 2 aliphatic rings. The summed E-state index contributed by atoms with van der Waals surface area (Å²) in [6, 6.07) is 13.1.